The topological polar surface area (TPSA) is 32.3 Å². The number of hydrogen-bond acceptors (Lipinski definition) is 2. The quantitative estimate of drug-likeness (QED) is 0.798. The normalized spacial score (nSPS) is 17.4. The summed E-state index contributed by atoms with van der Waals surface area (Å²) < 4.78 is 0.959. The first-order valence-electron chi connectivity index (χ1n) is 6.54. The van der Waals surface area contributed by atoms with Crippen LogP contribution in [0.3, 0.4) is 0 Å². The van der Waals surface area contributed by atoms with Gasteiger partial charge in [-0.15, -0.1) is 0 Å². The Labute approximate surface area is 132 Å². The molecule has 1 aromatic carbocycles. The molecule has 1 atom stereocenters. The van der Waals surface area contributed by atoms with Crippen molar-refractivity contribution in [3.8, 4) is 0 Å². The molecular weight excluding hydrogens is 375 g/mol. The lowest BCUT2D eigenvalue weighted by molar-refractivity contribution is 0.0932. The van der Waals surface area contributed by atoms with E-state index in [-0.39, 0.29) is 11.9 Å². The molecular formula is C14H18ClIN2O. The number of likely N-dealkylation sites (tertiary alicyclic amines) is 1. The van der Waals surface area contributed by atoms with Crippen molar-refractivity contribution >= 4 is 40.1 Å². The fourth-order valence-corrected chi connectivity index (χ4v) is 2.86. The van der Waals surface area contributed by atoms with Crippen molar-refractivity contribution in [3.05, 3.63) is 32.4 Å². The highest BCUT2D eigenvalue weighted by Gasteiger charge is 2.16. The minimum absolute atomic E-state index is 0.0509. The van der Waals surface area contributed by atoms with E-state index in [0.29, 0.717) is 10.6 Å². The molecule has 0 spiro atoms. The Hall–Kier alpha value is -0.330. The number of halogens is 2. The van der Waals surface area contributed by atoms with E-state index in [4.69, 9.17) is 11.6 Å². The van der Waals surface area contributed by atoms with E-state index in [1.54, 1.807) is 6.07 Å². The number of nitrogens with one attached hydrogen (secondary N) is 1. The molecule has 1 saturated heterocycles. The first-order chi connectivity index (χ1) is 9.06. The summed E-state index contributed by atoms with van der Waals surface area (Å²) >= 11 is 8.19. The van der Waals surface area contributed by atoms with Gasteiger partial charge in [0.1, 0.15) is 0 Å². The smallest absolute Gasteiger partial charge is 0.251 e. The van der Waals surface area contributed by atoms with Crippen LogP contribution in [0.25, 0.3) is 0 Å². The second-order valence-corrected chi connectivity index (χ2v) is 6.58. The maximum absolute atomic E-state index is 12.1. The SMILES string of the molecule is CC(CN1CCCC1)NC(=O)c1ccc(I)c(Cl)c1. The molecule has 0 saturated carbocycles. The van der Waals surface area contributed by atoms with Crippen LogP contribution in [0.4, 0.5) is 0 Å². The zero-order valence-electron chi connectivity index (χ0n) is 11.0. The maximum atomic E-state index is 12.1. The summed E-state index contributed by atoms with van der Waals surface area (Å²) in [7, 11) is 0. The highest BCUT2D eigenvalue weighted by atomic mass is 127. The number of nitrogens with zero attached hydrogens (tertiary/aromatic N) is 1. The number of amides is 1. The molecule has 3 nitrogen and oxygen atoms in total. The van der Waals surface area contributed by atoms with Crippen LogP contribution in [0, 0.1) is 3.57 Å². The van der Waals surface area contributed by atoms with Crippen molar-refractivity contribution in [2.24, 2.45) is 0 Å². The van der Waals surface area contributed by atoms with Crippen LogP contribution >= 0.6 is 34.2 Å². The minimum atomic E-state index is -0.0509. The molecule has 19 heavy (non-hydrogen) atoms. The highest BCUT2D eigenvalue weighted by Crippen LogP contribution is 2.19. The lowest BCUT2D eigenvalue weighted by Crippen LogP contribution is -2.41. The molecule has 1 N–H and O–H groups in total. The van der Waals surface area contributed by atoms with Gasteiger partial charge in [0.05, 0.1) is 5.02 Å². The van der Waals surface area contributed by atoms with Crippen molar-refractivity contribution in [3.63, 3.8) is 0 Å². The highest BCUT2D eigenvalue weighted by molar-refractivity contribution is 14.1. The van der Waals surface area contributed by atoms with E-state index < -0.39 is 0 Å². The third-order valence-corrected chi connectivity index (χ3v) is 4.86. The molecule has 1 unspecified atom stereocenters. The fraction of sp³-hybridized carbons (Fsp3) is 0.500. The molecule has 1 aliphatic heterocycles. The molecule has 2 rings (SSSR count). The van der Waals surface area contributed by atoms with Gasteiger partial charge in [-0.2, -0.15) is 0 Å². The Kier molecular flexibility index (Phi) is 5.47. The van der Waals surface area contributed by atoms with Gasteiger partial charge in [-0.3, -0.25) is 4.79 Å². The summed E-state index contributed by atoms with van der Waals surface area (Å²) in [6, 6.07) is 5.55. The van der Waals surface area contributed by atoms with Gasteiger partial charge in [-0.25, -0.2) is 0 Å². The maximum Gasteiger partial charge on any atom is 0.251 e. The standard InChI is InChI=1S/C14H18ClIN2O/c1-10(9-18-6-2-3-7-18)17-14(19)11-4-5-13(16)12(15)8-11/h4-5,8,10H,2-3,6-7,9H2,1H3,(H,17,19). The molecule has 1 amide bonds. The van der Waals surface area contributed by atoms with Gasteiger partial charge in [0.25, 0.3) is 5.91 Å². The zero-order chi connectivity index (χ0) is 13.8. The monoisotopic (exact) mass is 392 g/mol. The van der Waals surface area contributed by atoms with Crippen molar-refractivity contribution < 1.29 is 4.79 Å². The van der Waals surface area contributed by atoms with Gasteiger partial charge in [-0.05, 0) is 73.6 Å². The Balaban J connectivity index is 1.90. The van der Waals surface area contributed by atoms with Crippen LogP contribution in [0.15, 0.2) is 18.2 Å². The van der Waals surface area contributed by atoms with Gasteiger partial charge in [0.2, 0.25) is 0 Å². The second kappa shape index (κ2) is 6.90. The summed E-state index contributed by atoms with van der Waals surface area (Å²) in [5, 5.41) is 3.65. The molecule has 0 aliphatic carbocycles. The van der Waals surface area contributed by atoms with Crippen LogP contribution in [0.5, 0.6) is 0 Å². The predicted molar refractivity (Wildman–Crippen MR) is 86.8 cm³/mol. The Morgan fingerprint density at radius 2 is 2.16 bits per heavy atom. The van der Waals surface area contributed by atoms with E-state index in [9.17, 15) is 4.79 Å². The van der Waals surface area contributed by atoms with Gasteiger partial charge in [0, 0.05) is 21.7 Å². The average Bonchev–Trinajstić information content (AvgIpc) is 2.85. The van der Waals surface area contributed by atoms with Crippen LogP contribution < -0.4 is 5.32 Å². The van der Waals surface area contributed by atoms with Crippen molar-refractivity contribution in [1.82, 2.24) is 10.2 Å². The second-order valence-electron chi connectivity index (χ2n) is 5.01. The Bertz CT molecular complexity index is 461. The van der Waals surface area contributed by atoms with Crippen LogP contribution in [0.2, 0.25) is 5.02 Å². The van der Waals surface area contributed by atoms with Crippen molar-refractivity contribution in [2.75, 3.05) is 19.6 Å². The third-order valence-electron chi connectivity index (χ3n) is 3.29. The molecule has 0 aromatic heterocycles. The van der Waals surface area contributed by atoms with E-state index >= 15 is 0 Å². The Morgan fingerprint density at radius 3 is 2.79 bits per heavy atom. The van der Waals surface area contributed by atoms with Crippen LogP contribution in [-0.4, -0.2) is 36.5 Å². The number of carbonyl (C=O) groups excluding carboxylic acids is 1. The Morgan fingerprint density at radius 1 is 1.47 bits per heavy atom. The van der Waals surface area contributed by atoms with Gasteiger partial charge >= 0.3 is 0 Å². The minimum Gasteiger partial charge on any atom is -0.348 e. The number of benzene rings is 1. The fourth-order valence-electron chi connectivity index (χ4n) is 2.34. The molecule has 0 bridgehead atoms. The van der Waals surface area contributed by atoms with Gasteiger partial charge in [0.15, 0.2) is 0 Å². The van der Waals surface area contributed by atoms with E-state index in [2.05, 4.69) is 32.8 Å². The number of hydrogen-bond donors (Lipinski definition) is 1. The summed E-state index contributed by atoms with van der Waals surface area (Å²) in [5.41, 5.74) is 0.624. The molecule has 1 heterocycles. The van der Waals surface area contributed by atoms with Crippen LogP contribution in [-0.2, 0) is 0 Å². The lowest BCUT2D eigenvalue weighted by atomic mass is 10.2. The van der Waals surface area contributed by atoms with Crippen molar-refractivity contribution in [2.45, 2.75) is 25.8 Å². The molecule has 0 radical (unpaired) electrons. The van der Waals surface area contributed by atoms with E-state index in [0.717, 1.165) is 23.2 Å². The lowest BCUT2D eigenvalue weighted by Gasteiger charge is -2.21. The number of carbonyl (C=O) groups is 1. The molecule has 1 aliphatic rings. The predicted octanol–water partition coefficient (Wildman–Crippen LogP) is 3.16. The zero-order valence-corrected chi connectivity index (χ0v) is 13.9. The number of rotatable bonds is 4. The summed E-state index contributed by atoms with van der Waals surface area (Å²) in [6.07, 6.45) is 2.54. The first-order valence-corrected chi connectivity index (χ1v) is 8.00. The third kappa shape index (κ3) is 4.33. The molecule has 5 heteroatoms. The first kappa shape index (κ1) is 15.1. The molecule has 104 valence electrons. The van der Waals surface area contributed by atoms with Crippen molar-refractivity contribution in [1.29, 1.82) is 0 Å². The van der Waals surface area contributed by atoms with E-state index in [1.165, 1.54) is 12.8 Å². The summed E-state index contributed by atoms with van der Waals surface area (Å²) in [6.45, 7) is 5.26. The summed E-state index contributed by atoms with van der Waals surface area (Å²) in [4.78, 5) is 14.5. The van der Waals surface area contributed by atoms with Gasteiger partial charge < -0.3 is 10.2 Å². The average molecular weight is 393 g/mol. The van der Waals surface area contributed by atoms with Gasteiger partial charge in [-0.1, -0.05) is 11.6 Å². The molecule has 1 fully saturated rings. The summed E-state index contributed by atoms with van der Waals surface area (Å²) in [5.74, 6) is -0.0509. The largest absolute Gasteiger partial charge is 0.348 e. The van der Waals surface area contributed by atoms with E-state index in [1.807, 2.05) is 19.1 Å². The van der Waals surface area contributed by atoms with Crippen LogP contribution in [0.1, 0.15) is 30.1 Å². The molecule has 1 aromatic rings.